The summed E-state index contributed by atoms with van der Waals surface area (Å²) < 4.78 is 4.89. The van der Waals surface area contributed by atoms with Crippen molar-refractivity contribution < 1.29 is 14.6 Å². The number of aromatic hydroxyl groups is 1. The highest BCUT2D eigenvalue weighted by molar-refractivity contribution is 5.80. The molecule has 0 aliphatic heterocycles. The fourth-order valence-electron chi connectivity index (χ4n) is 1.24. The molecule has 1 amide bonds. The van der Waals surface area contributed by atoms with Gasteiger partial charge in [0, 0.05) is 13.7 Å². The van der Waals surface area contributed by atoms with Crippen LogP contribution in [0.4, 0.5) is 0 Å². The molecule has 1 unspecified atom stereocenters. The summed E-state index contributed by atoms with van der Waals surface area (Å²) in [6.07, 6.45) is 0.322. The minimum atomic E-state index is -0.417. The molecule has 2 N–H and O–H groups in total. The van der Waals surface area contributed by atoms with E-state index >= 15 is 0 Å². The van der Waals surface area contributed by atoms with Gasteiger partial charge in [-0.1, -0.05) is 12.1 Å². The molecule has 4 nitrogen and oxygen atoms in total. The first-order valence-electron chi connectivity index (χ1n) is 5.22. The first-order chi connectivity index (χ1) is 7.63. The summed E-state index contributed by atoms with van der Waals surface area (Å²) >= 11 is 0. The Balaban J connectivity index is 2.30. The van der Waals surface area contributed by atoms with Gasteiger partial charge in [-0.15, -0.1) is 0 Å². The van der Waals surface area contributed by atoms with Crippen molar-refractivity contribution in [1.82, 2.24) is 5.32 Å². The molecule has 0 fully saturated rings. The van der Waals surface area contributed by atoms with Crippen molar-refractivity contribution in [3.8, 4) is 5.75 Å². The van der Waals surface area contributed by atoms with E-state index in [-0.39, 0.29) is 11.7 Å². The van der Waals surface area contributed by atoms with E-state index in [2.05, 4.69) is 5.32 Å². The topological polar surface area (TPSA) is 58.6 Å². The van der Waals surface area contributed by atoms with Crippen LogP contribution in [0.5, 0.6) is 5.75 Å². The van der Waals surface area contributed by atoms with Crippen molar-refractivity contribution in [3.63, 3.8) is 0 Å². The Kier molecular flexibility index (Phi) is 4.79. The third kappa shape index (κ3) is 3.90. The molecule has 0 spiro atoms. The van der Waals surface area contributed by atoms with Crippen molar-refractivity contribution in [2.75, 3.05) is 13.7 Å². The summed E-state index contributed by atoms with van der Waals surface area (Å²) in [5, 5.41) is 11.9. The zero-order valence-corrected chi connectivity index (χ0v) is 9.56. The van der Waals surface area contributed by atoms with Gasteiger partial charge in [0.2, 0.25) is 5.91 Å². The van der Waals surface area contributed by atoms with Gasteiger partial charge in [-0.25, -0.2) is 0 Å². The van der Waals surface area contributed by atoms with Gasteiger partial charge in [-0.2, -0.15) is 0 Å². The SMILES string of the molecule is COC(C)C(=O)NCCc1ccc(O)cc1. The number of methoxy groups -OCH3 is 1. The molecular formula is C12H17NO3. The monoisotopic (exact) mass is 223 g/mol. The van der Waals surface area contributed by atoms with Gasteiger partial charge in [0.15, 0.2) is 0 Å². The quantitative estimate of drug-likeness (QED) is 0.785. The van der Waals surface area contributed by atoms with E-state index in [9.17, 15) is 4.79 Å². The van der Waals surface area contributed by atoms with E-state index in [0.717, 1.165) is 12.0 Å². The minimum absolute atomic E-state index is 0.110. The third-order valence-electron chi connectivity index (χ3n) is 2.37. The van der Waals surface area contributed by atoms with Gasteiger partial charge in [-0.05, 0) is 31.0 Å². The van der Waals surface area contributed by atoms with Crippen LogP contribution in [0.25, 0.3) is 0 Å². The Labute approximate surface area is 95.2 Å². The molecule has 0 saturated carbocycles. The normalized spacial score (nSPS) is 12.1. The van der Waals surface area contributed by atoms with Crippen molar-refractivity contribution in [2.45, 2.75) is 19.4 Å². The number of hydrogen-bond donors (Lipinski definition) is 2. The fraction of sp³-hybridized carbons (Fsp3) is 0.417. The summed E-state index contributed by atoms with van der Waals surface area (Å²) in [7, 11) is 1.50. The van der Waals surface area contributed by atoms with E-state index in [1.165, 1.54) is 7.11 Å². The molecule has 4 heteroatoms. The number of amides is 1. The number of hydrogen-bond acceptors (Lipinski definition) is 3. The van der Waals surface area contributed by atoms with E-state index in [0.29, 0.717) is 6.54 Å². The van der Waals surface area contributed by atoms with Crippen LogP contribution < -0.4 is 5.32 Å². The molecule has 0 aliphatic carbocycles. The van der Waals surface area contributed by atoms with E-state index in [1.807, 2.05) is 12.1 Å². The molecule has 0 saturated heterocycles. The van der Waals surface area contributed by atoms with Gasteiger partial charge < -0.3 is 15.2 Å². The van der Waals surface area contributed by atoms with Gasteiger partial charge in [0.1, 0.15) is 11.9 Å². The zero-order valence-electron chi connectivity index (χ0n) is 9.56. The van der Waals surface area contributed by atoms with Gasteiger partial charge >= 0.3 is 0 Å². The van der Waals surface area contributed by atoms with Crippen LogP contribution in [0.15, 0.2) is 24.3 Å². The first kappa shape index (κ1) is 12.5. The third-order valence-corrected chi connectivity index (χ3v) is 2.37. The van der Waals surface area contributed by atoms with Crippen LogP contribution in [0.1, 0.15) is 12.5 Å². The lowest BCUT2D eigenvalue weighted by molar-refractivity contribution is -0.129. The second-order valence-corrected chi connectivity index (χ2v) is 3.59. The number of rotatable bonds is 5. The standard InChI is InChI=1S/C12H17NO3/c1-9(16-2)12(15)13-8-7-10-3-5-11(14)6-4-10/h3-6,9,14H,7-8H2,1-2H3,(H,13,15). The molecule has 0 aliphatic rings. The Bertz CT molecular complexity index is 335. The molecule has 1 rings (SSSR count). The Morgan fingerprint density at radius 3 is 2.62 bits per heavy atom. The van der Waals surface area contributed by atoms with Crippen LogP contribution in [-0.2, 0) is 16.0 Å². The highest BCUT2D eigenvalue weighted by Gasteiger charge is 2.09. The number of phenolic OH excluding ortho intramolecular Hbond substituents is 1. The van der Waals surface area contributed by atoms with Crippen LogP contribution in [0.3, 0.4) is 0 Å². The van der Waals surface area contributed by atoms with Crippen LogP contribution >= 0.6 is 0 Å². The van der Waals surface area contributed by atoms with E-state index in [1.54, 1.807) is 19.1 Å². The van der Waals surface area contributed by atoms with Crippen molar-refractivity contribution in [3.05, 3.63) is 29.8 Å². The predicted molar refractivity (Wildman–Crippen MR) is 61.3 cm³/mol. The van der Waals surface area contributed by atoms with E-state index in [4.69, 9.17) is 9.84 Å². The lowest BCUT2D eigenvalue weighted by Crippen LogP contribution is -2.35. The number of carbonyl (C=O) groups excluding carboxylic acids is 1. The van der Waals surface area contributed by atoms with Crippen LogP contribution in [-0.4, -0.2) is 30.8 Å². The van der Waals surface area contributed by atoms with Crippen molar-refractivity contribution in [1.29, 1.82) is 0 Å². The summed E-state index contributed by atoms with van der Waals surface area (Å²) in [6, 6.07) is 6.94. The molecule has 0 heterocycles. The molecule has 1 aromatic rings. The second kappa shape index (κ2) is 6.12. The summed E-state index contributed by atoms with van der Waals surface area (Å²) in [5.74, 6) is 0.141. The number of ether oxygens (including phenoxy) is 1. The van der Waals surface area contributed by atoms with Crippen LogP contribution in [0, 0.1) is 0 Å². The number of nitrogens with one attached hydrogen (secondary N) is 1. The fourth-order valence-corrected chi connectivity index (χ4v) is 1.24. The highest BCUT2D eigenvalue weighted by atomic mass is 16.5. The molecule has 0 radical (unpaired) electrons. The van der Waals surface area contributed by atoms with Crippen molar-refractivity contribution >= 4 is 5.91 Å². The maximum absolute atomic E-state index is 11.3. The minimum Gasteiger partial charge on any atom is -0.508 e. The number of carbonyl (C=O) groups is 1. The number of phenols is 1. The summed E-state index contributed by atoms with van der Waals surface area (Å²) in [5.41, 5.74) is 1.07. The van der Waals surface area contributed by atoms with Gasteiger partial charge in [0.05, 0.1) is 0 Å². The Morgan fingerprint density at radius 2 is 2.06 bits per heavy atom. The first-order valence-corrected chi connectivity index (χ1v) is 5.22. The lowest BCUT2D eigenvalue weighted by Gasteiger charge is -2.10. The summed E-state index contributed by atoms with van der Waals surface area (Å²) in [6.45, 7) is 2.27. The molecule has 1 atom stereocenters. The second-order valence-electron chi connectivity index (χ2n) is 3.59. The predicted octanol–water partition coefficient (Wildman–Crippen LogP) is 1.09. The highest BCUT2D eigenvalue weighted by Crippen LogP contribution is 2.09. The maximum atomic E-state index is 11.3. The molecular weight excluding hydrogens is 206 g/mol. The number of benzene rings is 1. The molecule has 16 heavy (non-hydrogen) atoms. The molecule has 1 aromatic carbocycles. The summed E-state index contributed by atoms with van der Waals surface area (Å²) in [4.78, 5) is 11.3. The Hall–Kier alpha value is -1.55. The Morgan fingerprint density at radius 1 is 1.44 bits per heavy atom. The molecule has 0 bridgehead atoms. The van der Waals surface area contributed by atoms with E-state index < -0.39 is 6.10 Å². The maximum Gasteiger partial charge on any atom is 0.248 e. The molecule has 88 valence electrons. The van der Waals surface area contributed by atoms with Gasteiger partial charge in [-0.3, -0.25) is 4.79 Å². The lowest BCUT2D eigenvalue weighted by atomic mass is 10.1. The van der Waals surface area contributed by atoms with Crippen LogP contribution in [0.2, 0.25) is 0 Å². The zero-order chi connectivity index (χ0) is 12.0. The van der Waals surface area contributed by atoms with Gasteiger partial charge in [0.25, 0.3) is 0 Å². The molecule has 0 aromatic heterocycles. The smallest absolute Gasteiger partial charge is 0.248 e. The van der Waals surface area contributed by atoms with Crippen molar-refractivity contribution in [2.24, 2.45) is 0 Å². The average molecular weight is 223 g/mol. The average Bonchev–Trinajstić information content (AvgIpc) is 2.30. The largest absolute Gasteiger partial charge is 0.508 e.